The van der Waals surface area contributed by atoms with Gasteiger partial charge in [0.2, 0.25) is 0 Å². The van der Waals surface area contributed by atoms with Crippen molar-refractivity contribution >= 4 is 19.9 Å². The van der Waals surface area contributed by atoms with Gasteiger partial charge in [-0.1, -0.05) is 65.8 Å². The van der Waals surface area contributed by atoms with E-state index in [0.717, 1.165) is 28.9 Å². The summed E-state index contributed by atoms with van der Waals surface area (Å²) in [5, 5.41) is 3.15. The van der Waals surface area contributed by atoms with E-state index >= 15 is 0 Å². The van der Waals surface area contributed by atoms with Crippen LogP contribution in [0.25, 0.3) is 11.1 Å². The van der Waals surface area contributed by atoms with Crippen molar-refractivity contribution in [1.82, 2.24) is 0 Å². The first-order valence-electron chi connectivity index (χ1n) is 14.3. The number of ether oxygens (including phenoxy) is 3. The second-order valence-electron chi connectivity index (χ2n) is 11.3. The third kappa shape index (κ3) is 6.27. The zero-order chi connectivity index (χ0) is 28.9. The maximum atomic E-state index is 13.3. The lowest BCUT2D eigenvalue weighted by Gasteiger charge is -2.42. The number of methoxy groups -OCH3 is 1. The molecule has 1 saturated heterocycles. The molecule has 6 nitrogen and oxygen atoms in total. The third-order valence-electron chi connectivity index (χ3n) is 7.93. The molecule has 1 aliphatic heterocycles. The van der Waals surface area contributed by atoms with Crippen molar-refractivity contribution in [2.45, 2.75) is 70.9 Å². The quantitative estimate of drug-likeness (QED) is 0.251. The number of hydrogen-bond acceptors (Lipinski definition) is 5. The highest BCUT2D eigenvalue weighted by atomic mass is 28.4. The molecule has 7 heteroatoms. The first-order chi connectivity index (χ1) is 19.2. The molecule has 4 rings (SSSR count). The number of rotatable bonds is 10. The van der Waals surface area contributed by atoms with Crippen LogP contribution in [0.2, 0.25) is 16.6 Å². The van der Waals surface area contributed by atoms with Crippen molar-refractivity contribution in [1.29, 1.82) is 0 Å². The summed E-state index contributed by atoms with van der Waals surface area (Å²) >= 11 is 0. The lowest BCUT2D eigenvalue weighted by Crippen LogP contribution is -2.50. The van der Waals surface area contributed by atoms with Crippen LogP contribution in [0.15, 0.2) is 66.7 Å². The fraction of sp³-hybridized carbons (Fsp3) is 0.424. The molecule has 214 valence electrons. The summed E-state index contributed by atoms with van der Waals surface area (Å²) in [5.74, 6) is 1.32. The van der Waals surface area contributed by atoms with Crippen molar-refractivity contribution in [3.63, 3.8) is 0 Å². The Labute approximate surface area is 240 Å². The molecule has 0 radical (unpaired) electrons. The Kier molecular flexibility index (Phi) is 9.71. The summed E-state index contributed by atoms with van der Waals surface area (Å²) < 4.78 is 24.3. The normalized spacial score (nSPS) is 14.6. The van der Waals surface area contributed by atoms with E-state index in [2.05, 4.69) is 59.0 Å². The van der Waals surface area contributed by atoms with Gasteiger partial charge in [0.25, 0.3) is 14.2 Å². The van der Waals surface area contributed by atoms with Crippen molar-refractivity contribution in [2.75, 3.05) is 25.6 Å². The van der Waals surface area contributed by atoms with Crippen LogP contribution in [0.5, 0.6) is 11.5 Å². The van der Waals surface area contributed by atoms with Crippen molar-refractivity contribution in [3.8, 4) is 22.6 Å². The SMILES string of the molecule is COc1ccc(C(=O)Nc2ccc(O[Si](C(C)C)(C(C)C)C(C)C)cc2-c2ccccc2C2OCCCO2)cc1. The van der Waals surface area contributed by atoms with Gasteiger partial charge in [0, 0.05) is 22.4 Å². The van der Waals surface area contributed by atoms with Crippen LogP contribution in [0, 0.1) is 0 Å². The molecule has 1 amide bonds. The fourth-order valence-corrected chi connectivity index (χ4v) is 11.3. The first kappa shape index (κ1) is 29.8. The zero-order valence-electron chi connectivity index (χ0n) is 24.8. The Bertz CT molecular complexity index is 1260. The van der Waals surface area contributed by atoms with Gasteiger partial charge in [-0.2, -0.15) is 0 Å². The molecule has 0 unspecified atom stereocenters. The van der Waals surface area contributed by atoms with Crippen LogP contribution < -0.4 is 14.5 Å². The molecular weight excluding hydrogens is 518 g/mol. The topological polar surface area (TPSA) is 66.0 Å². The molecule has 0 bridgehead atoms. The molecule has 3 aromatic carbocycles. The van der Waals surface area contributed by atoms with Gasteiger partial charge in [-0.3, -0.25) is 4.79 Å². The summed E-state index contributed by atoms with van der Waals surface area (Å²) in [6, 6.07) is 21.2. The molecule has 0 aromatic heterocycles. The Morgan fingerprint density at radius 1 is 0.825 bits per heavy atom. The Morgan fingerprint density at radius 2 is 1.43 bits per heavy atom. The lowest BCUT2D eigenvalue weighted by molar-refractivity contribution is -0.182. The lowest BCUT2D eigenvalue weighted by atomic mass is 9.97. The molecule has 3 aromatic rings. The van der Waals surface area contributed by atoms with E-state index in [1.807, 2.05) is 30.3 Å². The summed E-state index contributed by atoms with van der Waals surface area (Å²) in [4.78, 5) is 13.3. The van der Waals surface area contributed by atoms with E-state index in [0.29, 0.717) is 46.8 Å². The molecule has 40 heavy (non-hydrogen) atoms. The van der Waals surface area contributed by atoms with Crippen LogP contribution in [0.4, 0.5) is 5.69 Å². The highest BCUT2D eigenvalue weighted by Crippen LogP contribution is 2.45. The van der Waals surface area contributed by atoms with E-state index in [-0.39, 0.29) is 5.91 Å². The second kappa shape index (κ2) is 13.0. The maximum absolute atomic E-state index is 13.3. The molecule has 1 aliphatic rings. The largest absolute Gasteiger partial charge is 0.543 e. The van der Waals surface area contributed by atoms with Gasteiger partial charge in [0.15, 0.2) is 6.29 Å². The molecule has 1 fully saturated rings. The van der Waals surface area contributed by atoms with Gasteiger partial charge in [-0.25, -0.2) is 0 Å². The number of anilines is 1. The number of benzene rings is 3. The second-order valence-corrected chi connectivity index (χ2v) is 16.7. The number of carbonyl (C=O) groups excluding carboxylic acids is 1. The standard InChI is InChI=1S/C33H43NO5Si/c1-22(2)40(23(3)4,24(5)6)39-27-17-18-31(34-32(35)25-13-15-26(36-7)16-14-25)30(21-27)28-11-8-9-12-29(28)33-37-19-10-20-38-33/h8-9,11-18,21-24,33H,10,19-20H2,1-7H3,(H,34,35). The number of nitrogens with one attached hydrogen (secondary N) is 1. The van der Waals surface area contributed by atoms with Crippen LogP contribution >= 0.6 is 0 Å². The monoisotopic (exact) mass is 561 g/mol. The van der Waals surface area contributed by atoms with Crippen LogP contribution in [-0.2, 0) is 9.47 Å². The summed E-state index contributed by atoms with van der Waals surface area (Å²) in [6.07, 6.45) is 0.410. The van der Waals surface area contributed by atoms with E-state index in [4.69, 9.17) is 18.6 Å². The van der Waals surface area contributed by atoms with E-state index in [9.17, 15) is 4.79 Å². The molecule has 0 spiro atoms. The van der Waals surface area contributed by atoms with Gasteiger partial charge in [-0.05, 0) is 71.1 Å². The minimum Gasteiger partial charge on any atom is -0.543 e. The molecule has 0 saturated carbocycles. The highest BCUT2D eigenvalue weighted by Gasteiger charge is 2.47. The van der Waals surface area contributed by atoms with E-state index < -0.39 is 14.6 Å². The predicted octanol–water partition coefficient (Wildman–Crippen LogP) is 8.60. The Balaban J connectivity index is 1.80. The average Bonchev–Trinajstić information content (AvgIpc) is 2.96. The smallest absolute Gasteiger partial charge is 0.258 e. The maximum Gasteiger partial charge on any atom is 0.258 e. The Hall–Kier alpha value is -3.13. The van der Waals surface area contributed by atoms with Gasteiger partial charge < -0.3 is 24.0 Å². The minimum absolute atomic E-state index is 0.199. The summed E-state index contributed by atoms with van der Waals surface area (Å²) in [5.41, 5.74) is 5.28. The van der Waals surface area contributed by atoms with Crippen LogP contribution in [-0.4, -0.2) is 34.5 Å². The number of amides is 1. The van der Waals surface area contributed by atoms with Gasteiger partial charge in [-0.15, -0.1) is 0 Å². The summed E-state index contributed by atoms with van der Waals surface area (Å²) in [6.45, 7) is 15.0. The van der Waals surface area contributed by atoms with Crippen molar-refractivity contribution in [3.05, 3.63) is 77.9 Å². The fourth-order valence-electron chi connectivity index (χ4n) is 6.03. The van der Waals surface area contributed by atoms with E-state index in [1.165, 1.54) is 0 Å². The third-order valence-corrected chi connectivity index (χ3v) is 13.9. The molecule has 1 N–H and O–H groups in total. The first-order valence-corrected chi connectivity index (χ1v) is 16.4. The van der Waals surface area contributed by atoms with Gasteiger partial charge in [0.1, 0.15) is 11.5 Å². The molecule has 0 atom stereocenters. The summed E-state index contributed by atoms with van der Waals surface area (Å²) in [7, 11) is -0.589. The predicted molar refractivity (Wildman–Crippen MR) is 164 cm³/mol. The minimum atomic E-state index is -2.20. The van der Waals surface area contributed by atoms with Crippen LogP contribution in [0.3, 0.4) is 0 Å². The molecular formula is C33H43NO5Si. The number of carbonyl (C=O) groups is 1. The van der Waals surface area contributed by atoms with Gasteiger partial charge >= 0.3 is 0 Å². The van der Waals surface area contributed by atoms with Gasteiger partial charge in [0.05, 0.1) is 20.3 Å². The molecule has 1 heterocycles. The highest BCUT2D eigenvalue weighted by molar-refractivity contribution is 6.78. The van der Waals surface area contributed by atoms with Crippen molar-refractivity contribution in [2.24, 2.45) is 0 Å². The van der Waals surface area contributed by atoms with E-state index in [1.54, 1.807) is 31.4 Å². The molecule has 0 aliphatic carbocycles. The van der Waals surface area contributed by atoms with Crippen molar-refractivity contribution < 1.29 is 23.4 Å². The van der Waals surface area contributed by atoms with Crippen LogP contribution in [0.1, 0.15) is 70.2 Å². The zero-order valence-corrected chi connectivity index (χ0v) is 25.8. The average molecular weight is 562 g/mol. The number of hydrogen-bond donors (Lipinski definition) is 1. The Morgan fingerprint density at radius 3 is 2.02 bits per heavy atom.